The second kappa shape index (κ2) is 24.8. The summed E-state index contributed by atoms with van der Waals surface area (Å²) in [5, 5.41) is 4.90. The van der Waals surface area contributed by atoms with E-state index >= 15 is 0 Å². The predicted molar refractivity (Wildman–Crippen MR) is 184 cm³/mol. The third-order valence-electron chi connectivity index (χ3n) is 7.85. The van der Waals surface area contributed by atoms with Gasteiger partial charge in [0.25, 0.3) is 11.8 Å². The number of hydrogen-bond acceptors (Lipinski definition) is 13. The fourth-order valence-electron chi connectivity index (χ4n) is 5.17. The number of carbonyl (C=O) groups is 5. The van der Waals surface area contributed by atoms with Crippen LogP contribution in [0, 0.1) is 0 Å². The van der Waals surface area contributed by atoms with Gasteiger partial charge in [-0.3, -0.25) is 34.2 Å². The molecule has 1 aromatic carbocycles. The molecule has 0 saturated carbocycles. The molecule has 2 aliphatic heterocycles. The first-order valence-corrected chi connectivity index (χ1v) is 17.6. The van der Waals surface area contributed by atoms with E-state index in [1.165, 1.54) is 6.07 Å². The number of hydrogen-bond donors (Lipinski definition) is 2. The van der Waals surface area contributed by atoms with Gasteiger partial charge in [0.2, 0.25) is 17.7 Å². The lowest BCUT2D eigenvalue weighted by Crippen LogP contribution is -2.54. The Morgan fingerprint density at radius 3 is 1.78 bits per heavy atom. The molecular weight excluding hydrogens is 668 g/mol. The fourth-order valence-corrected chi connectivity index (χ4v) is 5.17. The summed E-state index contributed by atoms with van der Waals surface area (Å²) >= 11 is 0. The molecule has 0 aliphatic carbocycles. The summed E-state index contributed by atoms with van der Waals surface area (Å²) in [6.07, 6.45) is 2.49. The number of nitrogens with zero attached hydrogens (tertiary/aromatic N) is 2. The van der Waals surface area contributed by atoms with Gasteiger partial charge in [-0.05, 0) is 45.5 Å². The first-order chi connectivity index (χ1) is 24.8. The molecule has 1 fully saturated rings. The summed E-state index contributed by atoms with van der Waals surface area (Å²) in [6.45, 7) is 8.11. The van der Waals surface area contributed by atoms with E-state index in [9.17, 15) is 24.0 Å². The number of likely N-dealkylation sites (N-methyl/N-ethyl adjacent to an activating group) is 1. The van der Waals surface area contributed by atoms with Gasteiger partial charge in [-0.25, -0.2) is 0 Å². The van der Waals surface area contributed by atoms with Crippen molar-refractivity contribution < 1.29 is 57.1 Å². The van der Waals surface area contributed by atoms with Crippen molar-refractivity contribution in [2.24, 2.45) is 0 Å². The minimum absolute atomic E-state index is 0.0319. The molecule has 1 atom stereocenters. The molecule has 2 heterocycles. The molecule has 286 valence electrons. The first kappa shape index (κ1) is 42.1. The van der Waals surface area contributed by atoms with Gasteiger partial charge < -0.3 is 43.4 Å². The third-order valence-corrected chi connectivity index (χ3v) is 7.85. The Morgan fingerprint density at radius 1 is 0.725 bits per heavy atom. The van der Waals surface area contributed by atoms with Crippen LogP contribution in [0.1, 0.15) is 59.2 Å². The molecule has 1 unspecified atom stereocenters. The molecule has 5 amide bonds. The van der Waals surface area contributed by atoms with Crippen molar-refractivity contribution in [3.8, 4) is 0 Å². The van der Waals surface area contributed by atoms with Crippen LogP contribution >= 0.6 is 0 Å². The molecule has 1 saturated heterocycles. The van der Waals surface area contributed by atoms with Crippen LogP contribution in [0.2, 0.25) is 0 Å². The number of ether oxygens (including phenoxy) is 7. The summed E-state index contributed by atoms with van der Waals surface area (Å²) in [7, 11) is 4.02. The Bertz CT molecular complexity index is 1250. The molecule has 0 radical (unpaired) electrons. The number of benzene rings is 1. The maximum absolute atomic E-state index is 13.2. The van der Waals surface area contributed by atoms with E-state index < -0.39 is 29.7 Å². The number of piperidine rings is 1. The zero-order valence-electron chi connectivity index (χ0n) is 30.0. The topological polar surface area (TPSA) is 180 Å². The number of nitrogens with one attached hydrogen (secondary N) is 2. The lowest BCUT2D eigenvalue weighted by Gasteiger charge is -2.27. The number of unbranched alkanes of at least 4 members (excludes halogenated alkanes) is 2. The van der Waals surface area contributed by atoms with Crippen molar-refractivity contribution in [2.45, 2.75) is 44.6 Å². The van der Waals surface area contributed by atoms with Crippen LogP contribution in [-0.4, -0.2) is 159 Å². The highest BCUT2D eigenvalue weighted by Crippen LogP contribution is 2.32. The second-order valence-electron chi connectivity index (χ2n) is 12.1. The second-order valence-corrected chi connectivity index (χ2v) is 12.1. The summed E-state index contributed by atoms with van der Waals surface area (Å²) in [4.78, 5) is 65.5. The zero-order chi connectivity index (χ0) is 36.7. The van der Waals surface area contributed by atoms with Gasteiger partial charge in [0.15, 0.2) is 0 Å². The molecule has 0 bridgehead atoms. The average molecular weight is 723 g/mol. The van der Waals surface area contributed by atoms with Crippen LogP contribution in [0.3, 0.4) is 0 Å². The number of rotatable bonds is 29. The number of fused-ring (bicyclic) bond motifs is 1. The maximum Gasteiger partial charge on any atom is 0.264 e. The fraction of sp³-hybridized carbons (Fsp3) is 0.686. The predicted octanol–water partition coefficient (Wildman–Crippen LogP) is 1.26. The van der Waals surface area contributed by atoms with Crippen LogP contribution in [0.15, 0.2) is 18.2 Å². The highest BCUT2D eigenvalue weighted by Gasteiger charge is 2.45. The van der Waals surface area contributed by atoms with Gasteiger partial charge >= 0.3 is 0 Å². The molecule has 2 N–H and O–H groups in total. The minimum atomic E-state index is -1.07. The van der Waals surface area contributed by atoms with Gasteiger partial charge in [-0.2, -0.15) is 0 Å². The van der Waals surface area contributed by atoms with E-state index in [2.05, 4.69) is 15.5 Å². The molecule has 0 spiro atoms. The van der Waals surface area contributed by atoms with Crippen LogP contribution in [0.4, 0.5) is 5.69 Å². The van der Waals surface area contributed by atoms with E-state index in [1.807, 2.05) is 14.1 Å². The Hall–Kier alpha value is -3.35. The minimum Gasteiger partial charge on any atom is -0.379 e. The van der Waals surface area contributed by atoms with Crippen molar-refractivity contribution in [1.29, 1.82) is 0 Å². The first-order valence-electron chi connectivity index (χ1n) is 17.6. The third kappa shape index (κ3) is 15.8. The van der Waals surface area contributed by atoms with Crippen LogP contribution < -0.4 is 10.6 Å². The van der Waals surface area contributed by atoms with Crippen molar-refractivity contribution in [2.75, 3.05) is 118 Å². The molecule has 2 aliphatic rings. The Morgan fingerprint density at radius 2 is 1.25 bits per heavy atom. The Kier molecular flexibility index (Phi) is 20.4. The number of carbonyl (C=O) groups excluding carboxylic acids is 5. The van der Waals surface area contributed by atoms with Gasteiger partial charge in [0.1, 0.15) is 6.04 Å². The summed E-state index contributed by atoms with van der Waals surface area (Å²) in [5.41, 5.74) is 0.394. The van der Waals surface area contributed by atoms with E-state index in [1.54, 1.807) is 12.1 Å². The molecule has 0 aromatic heterocycles. The smallest absolute Gasteiger partial charge is 0.264 e. The van der Waals surface area contributed by atoms with Crippen LogP contribution in [-0.2, 0) is 47.5 Å². The van der Waals surface area contributed by atoms with E-state index in [-0.39, 0.29) is 42.0 Å². The molecule has 16 heteroatoms. The van der Waals surface area contributed by atoms with Gasteiger partial charge in [0, 0.05) is 26.0 Å². The van der Waals surface area contributed by atoms with Gasteiger partial charge in [-0.1, -0.05) is 12.5 Å². The van der Waals surface area contributed by atoms with Crippen molar-refractivity contribution in [3.63, 3.8) is 0 Å². The molecule has 16 nitrogen and oxygen atoms in total. The van der Waals surface area contributed by atoms with E-state index in [0.29, 0.717) is 98.9 Å². The zero-order valence-corrected chi connectivity index (χ0v) is 30.0. The number of anilines is 1. The standard InChI is InChI=1S/C35H54N4O12/c1-38(2)12-14-46-16-18-48-20-22-50-24-26-51-25-23-49-21-19-47-17-15-45-13-5-3-4-9-30(40)36-28-8-6-7-27-32(28)35(44)39(34(27)43)29-10-11-31(41)37-33(29)42/h6-8,29H,3-5,9-26H2,1-2H3,(H,36,40)(H,37,41,42). The van der Waals surface area contributed by atoms with Crippen molar-refractivity contribution >= 4 is 35.2 Å². The summed E-state index contributed by atoms with van der Waals surface area (Å²) < 4.78 is 38.4. The number of amides is 5. The molecule has 1 aromatic rings. The van der Waals surface area contributed by atoms with Gasteiger partial charge in [0.05, 0.1) is 103 Å². The van der Waals surface area contributed by atoms with Crippen molar-refractivity contribution in [3.05, 3.63) is 29.3 Å². The normalized spacial score (nSPS) is 15.9. The Balaban J connectivity index is 1.09. The Labute approximate surface area is 299 Å². The molecule has 3 rings (SSSR count). The van der Waals surface area contributed by atoms with Crippen LogP contribution in [0.5, 0.6) is 0 Å². The van der Waals surface area contributed by atoms with E-state index in [0.717, 1.165) is 24.3 Å². The summed E-state index contributed by atoms with van der Waals surface area (Å²) in [6, 6.07) is 3.54. The largest absolute Gasteiger partial charge is 0.379 e. The average Bonchev–Trinajstić information content (AvgIpc) is 3.35. The summed E-state index contributed by atoms with van der Waals surface area (Å²) in [5.74, 6) is -2.70. The monoisotopic (exact) mass is 722 g/mol. The number of imide groups is 2. The highest BCUT2D eigenvalue weighted by molar-refractivity contribution is 6.26. The molecular formula is C35H54N4O12. The lowest BCUT2D eigenvalue weighted by atomic mass is 10.0. The van der Waals surface area contributed by atoms with Crippen LogP contribution in [0.25, 0.3) is 0 Å². The van der Waals surface area contributed by atoms with Gasteiger partial charge in [-0.15, -0.1) is 0 Å². The van der Waals surface area contributed by atoms with E-state index in [4.69, 9.17) is 33.2 Å². The molecule has 51 heavy (non-hydrogen) atoms. The quantitative estimate of drug-likeness (QED) is 0.0893. The van der Waals surface area contributed by atoms with Crippen molar-refractivity contribution in [1.82, 2.24) is 15.1 Å². The highest BCUT2D eigenvalue weighted by atomic mass is 16.6. The SMILES string of the molecule is CN(C)CCOCCOCCOCCOCCOCCOCCOCCCCCC(=O)Nc1cccc2c1C(=O)N(C1CCC(=O)NC1=O)C2=O. The maximum atomic E-state index is 13.2. The lowest BCUT2D eigenvalue weighted by molar-refractivity contribution is -0.136.